The van der Waals surface area contributed by atoms with Crippen LogP contribution in [0.1, 0.15) is 90.2 Å². The molecule has 6 nitrogen and oxygen atoms in total. The van der Waals surface area contributed by atoms with Crippen LogP contribution in [0.25, 0.3) is 0 Å². The third-order valence-corrected chi connectivity index (χ3v) is 6.69. The van der Waals surface area contributed by atoms with E-state index in [1.54, 1.807) is 6.07 Å². The van der Waals surface area contributed by atoms with Gasteiger partial charge in [0.25, 0.3) is 5.97 Å². The Kier molecular flexibility index (Phi) is 14.8. The van der Waals surface area contributed by atoms with Crippen LogP contribution in [-0.4, -0.2) is 40.2 Å². The second kappa shape index (κ2) is 16.6. The van der Waals surface area contributed by atoms with Crippen molar-refractivity contribution in [2.24, 2.45) is 21.9 Å². The minimum absolute atomic E-state index is 0.129. The Morgan fingerprint density at radius 3 is 2.33 bits per heavy atom. The molecule has 0 aromatic heterocycles. The van der Waals surface area contributed by atoms with Crippen molar-refractivity contribution < 1.29 is 27.8 Å². The average Bonchev–Trinajstić information content (AvgIpc) is 2.82. The molecule has 0 radical (unpaired) electrons. The fraction of sp³-hybridized carbons (Fsp3) is 0.654. The first-order valence-corrected chi connectivity index (χ1v) is 13.6. The highest BCUT2D eigenvalue weighted by atomic mass is 32.2. The van der Waals surface area contributed by atoms with Gasteiger partial charge in [-0.3, -0.25) is 4.79 Å². The van der Waals surface area contributed by atoms with Crippen molar-refractivity contribution in [3.05, 3.63) is 29.3 Å². The molecule has 3 N–H and O–H groups in total. The van der Waals surface area contributed by atoms with Crippen LogP contribution in [0.3, 0.4) is 0 Å². The van der Waals surface area contributed by atoms with E-state index < -0.39 is 17.7 Å². The maximum absolute atomic E-state index is 13.7. The topological polar surface area (TPSA) is 97.3 Å². The maximum Gasteiger partial charge on any atom is 0.419 e. The molecule has 0 fully saturated rings. The molecule has 0 saturated carbocycles. The third-order valence-electron chi connectivity index (χ3n) is 5.66. The average molecular weight is 532 g/mol. The first-order chi connectivity index (χ1) is 17.0. The highest BCUT2D eigenvalue weighted by molar-refractivity contribution is 8.15. The summed E-state index contributed by atoms with van der Waals surface area (Å²) < 4.78 is 46.5. The molecule has 1 heterocycles. The molecule has 0 spiro atoms. The zero-order chi connectivity index (χ0) is 27.1. The van der Waals surface area contributed by atoms with Crippen molar-refractivity contribution in [3.63, 3.8) is 0 Å². The van der Waals surface area contributed by atoms with Gasteiger partial charge in [-0.05, 0) is 37.0 Å². The Bertz CT molecular complexity index is 872. The molecule has 1 aliphatic rings. The number of nitrogens with two attached hydrogens (primary N) is 1. The minimum atomic E-state index is -4.50. The number of aliphatic carboxylic acids is 1. The Balaban J connectivity index is 0.00000150. The third kappa shape index (κ3) is 11.8. The summed E-state index contributed by atoms with van der Waals surface area (Å²) in [4.78, 5) is 9.00. The largest absolute Gasteiger partial charge is 0.493 e. The number of carboxylic acid groups (broad SMARTS) is 1. The number of nitrogens with zero attached hydrogens (tertiary/aromatic N) is 2. The van der Waals surface area contributed by atoms with Crippen molar-refractivity contribution in [2.45, 2.75) is 91.3 Å². The predicted octanol–water partition coefficient (Wildman–Crippen LogP) is 7.15. The lowest BCUT2D eigenvalue weighted by Crippen LogP contribution is -2.39. The van der Waals surface area contributed by atoms with E-state index in [9.17, 15) is 13.2 Å². The number of benzene rings is 1. The molecule has 1 aromatic rings. The molecule has 2 rings (SSSR count). The molecule has 1 aliphatic heterocycles. The fourth-order valence-electron chi connectivity index (χ4n) is 3.65. The van der Waals surface area contributed by atoms with E-state index in [1.807, 2.05) is 0 Å². The van der Waals surface area contributed by atoms with Gasteiger partial charge in [0.1, 0.15) is 10.8 Å². The van der Waals surface area contributed by atoms with Gasteiger partial charge < -0.3 is 15.6 Å². The Morgan fingerprint density at radius 2 is 1.78 bits per heavy atom. The van der Waals surface area contributed by atoms with Gasteiger partial charge in [0.05, 0.1) is 17.9 Å². The van der Waals surface area contributed by atoms with Gasteiger partial charge in [-0.1, -0.05) is 71.1 Å². The lowest BCUT2D eigenvalue weighted by Gasteiger charge is -2.23. The van der Waals surface area contributed by atoms with Crippen LogP contribution in [0.5, 0.6) is 5.75 Å². The van der Waals surface area contributed by atoms with Crippen molar-refractivity contribution in [2.75, 3.05) is 12.4 Å². The van der Waals surface area contributed by atoms with E-state index in [4.69, 9.17) is 20.4 Å². The molecule has 0 aliphatic carbocycles. The number of alkyl halides is 3. The van der Waals surface area contributed by atoms with Crippen LogP contribution in [0.4, 0.5) is 13.2 Å². The number of carbonyl (C=O) groups is 1. The van der Waals surface area contributed by atoms with Crippen molar-refractivity contribution in [1.29, 1.82) is 0 Å². The Labute approximate surface area is 217 Å². The number of halogens is 3. The molecule has 2 atom stereocenters. The van der Waals surface area contributed by atoms with Gasteiger partial charge in [0.2, 0.25) is 0 Å². The lowest BCUT2D eigenvalue weighted by atomic mass is 9.94. The quantitative estimate of drug-likeness (QED) is 0.264. The number of hydrogen-bond donors (Lipinski definition) is 2. The molecule has 0 bridgehead atoms. The van der Waals surface area contributed by atoms with E-state index in [0.29, 0.717) is 16.4 Å². The second-order valence-electron chi connectivity index (χ2n) is 8.92. The molecule has 1 unspecified atom stereocenters. The summed E-state index contributed by atoms with van der Waals surface area (Å²) in [5.41, 5.74) is 6.69. The summed E-state index contributed by atoms with van der Waals surface area (Å²) in [6, 6.07) is 3.95. The first kappa shape index (κ1) is 32.0. The first-order valence-electron chi connectivity index (χ1n) is 12.6. The van der Waals surface area contributed by atoms with Crippen LogP contribution in [0, 0.1) is 5.92 Å². The van der Waals surface area contributed by atoms with Crippen LogP contribution in [-0.2, 0) is 11.0 Å². The molecule has 0 saturated heterocycles. The number of ether oxygens (including phenoxy) is 1. The molecule has 36 heavy (non-hydrogen) atoms. The summed E-state index contributed by atoms with van der Waals surface area (Å²) in [7, 11) is 0. The number of unbranched alkanes of at least 4 members (excludes halogenated alkanes) is 5. The minimum Gasteiger partial charge on any atom is -0.493 e. The van der Waals surface area contributed by atoms with Gasteiger partial charge in [-0.25, -0.2) is 0 Å². The van der Waals surface area contributed by atoms with E-state index in [1.165, 1.54) is 30.7 Å². The highest BCUT2D eigenvalue weighted by Gasteiger charge is 2.35. The van der Waals surface area contributed by atoms with E-state index in [-0.39, 0.29) is 24.3 Å². The summed E-state index contributed by atoms with van der Waals surface area (Å²) in [5, 5.41) is 16.3. The highest BCUT2D eigenvalue weighted by Crippen LogP contribution is 2.38. The van der Waals surface area contributed by atoms with E-state index in [0.717, 1.165) is 57.2 Å². The predicted molar refractivity (Wildman–Crippen MR) is 142 cm³/mol. The van der Waals surface area contributed by atoms with Gasteiger partial charge in [-0.15, -0.1) is 5.10 Å². The lowest BCUT2D eigenvalue weighted by molar-refractivity contribution is -0.139. The summed E-state index contributed by atoms with van der Waals surface area (Å²) >= 11 is 1.38. The summed E-state index contributed by atoms with van der Waals surface area (Å²) in [6.45, 7) is 7.71. The van der Waals surface area contributed by atoms with Crippen molar-refractivity contribution in [3.8, 4) is 5.75 Å². The number of thioether (sulfide) groups is 1. The smallest absolute Gasteiger partial charge is 0.419 e. The maximum atomic E-state index is 13.7. The van der Waals surface area contributed by atoms with Gasteiger partial charge in [0.15, 0.2) is 0 Å². The fourth-order valence-corrected chi connectivity index (χ4v) is 4.58. The van der Waals surface area contributed by atoms with Crippen LogP contribution < -0.4 is 10.5 Å². The van der Waals surface area contributed by atoms with Crippen LogP contribution in [0.2, 0.25) is 0 Å². The Hall–Kier alpha value is -2.07. The number of rotatable bonds is 13. The second-order valence-corrected chi connectivity index (χ2v) is 9.88. The van der Waals surface area contributed by atoms with Crippen molar-refractivity contribution in [1.82, 2.24) is 0 Å². The molecular weight excluding hydrogens is 491 g/mol. The number of carboxylic acids is 1. The van der Waals surface area contributed by atoms with Crippen LogP contribution in [0.15, 0.2) is 28.4 Å². The monoisotopic (exact) mass is 531 g/mol. The van der Waals surface area contributed by atoms with E-state index >= 15 is 0 Å². The summed E-state index contributed by atoms with van der Waals surface area (Å²) in [5.74, 6) is -0.141. The van der Waals surface area contributed by atoms with Crippen molar-refractivity contribution >= 4 is 28.5 Å². The van der Waals surface area contributed by atoms with E-state index in [2.05, 4.69) is 31.0 Å². The van der Waals surface area contributed by atoms with Crippen LogP contribution >= 0.6 is 11.8 Å². The molecule has 204 valence electrons. The zero-order valence-electron chi connectivity index (χ0n) is 21.7. The zero-order valence-corrected chi connectivity index (χ0v) is 22.6. The molecule has 10 heteroatoms. The Morgan fingerprint density at radius 1 is 1.14 bits per heavy atom. The van der Waals surface area contributed by atoms with Gasteiger partial charge in [0, 0.05) is 24.3 Å². The molecular formula is C26H40F3N3O3S. The summed E-state index contributed by atoms with van der Waals surface area (Å²) in [6.07, 6.45) is 3.85. The SMILES string of the molecule is CC(=O)O.CCCCCCCCOc1ccc(C2=NN=C([C@@H](N)C(C)CCC)CS2)cc1C(F)(F)F. The molecule has 1 aromatic carbocycles. The van der Waals surface area contributed by atoms with Gasteiger partial charge >= 0.3 is 6.18 Å². The standard InChI is InChI=1S/C24H36F3N3OS.C2H4O2/c1-4-6-7-8-9-10-14-31-21-13-12-18(15-19(21)24(25,26)27)23-30-29-20(16-32-23)22(28)17(3)11-5-2;1-2(3)4/h12-13,15,17,22H,4-11,14,16,28H2,1-3H3;1H3,(H,3,4)/t17?,22-;/m0./s1. The number of hydrogen-bond acceptors (Lipinski definition) is 6. The molecule has 0 amide bonds. The normalized spacial score (nSPS) is 15.2. The van der Waals surface area contributed by atoms with Gasteiger partial charge in [-0.2, -0.15) is 18.3 Å².